The summed E-state index contributed by atoms with van der Waals surface area (Å²) in [5, 5.41) is 3.54. The molecule has 0 atom stereocenters. The van der Waals surface area contributed by atoms with Crippen molar-refractivity contribution >= 4 is 40.7 Å². The number of methoxy groups -OCH3 is 2. The lowest BCUT2D eigenvalue weighted by atomic mass is 10.2. The molecule has 4 nitrogen and oxygen atoms in total. The first-order chi connectivity index (χ1) is 12.2. The van der Waals surface area contributed by atoms with Crippen molar-refractivity contribution in [3.63, 3.8) is 0 Å². The standard InChI is InChI=1S/C20H35BrN2O2.2ClH/c1-5-7-11-23(12-8-6-2)13-9-10-22-16-17-14-18(21)20(25-4)19(15-17)24-3;;/h14-15,22H,5-13,16H2,1-4H3;2*1H. The van der Waals surface area contributed by atoms with Crippen LogP contribution in [0.2, 0.25) is 0 Å². The minimum Gasteiger partial charge on any atom is -0.493 e. The topological polar surface area (TPSA) is 33.7 Å². The Kier molecular flexibility index (Phi) is 19.2. The first kappa shape index (κ1) is 29.0. The number of nitrogens with one attached hydrogen (secondary N) is 1. The fraction of sp³-hybridized carbons (Fsp3) is 0.700. The first-order valence-electron chi connectivity index (χ1n) is 9.49. The maximum absolute atomic E-state index is 5.40. The molecule has 0 saturated carbocycles. The van der Waals surface area contributed by atoms with Gasteiger partial charge in [0, 0.05) is 6.54 Å². The highest BCUT2D eigenvalue weighted by molar-refractivity contribution is 9.10. The third-order valence-corrected chi connectivity index (χ3v) is 4.90. The molecule has 27 heavy (non-hydrogen) atoms. The van der Waals surface area contributed by atoms with Crippen molar-refractivity contribution in [1.29, 1.82) is 0 Å². The van der Waals surface area contributed by atoms with Crippen LogP contribution in [0.4, 0.5) is 0 Å². The fourth-order valence-corrected chi connectivity index (χ4v) is 3.48. The molecule has 0 aliphatic heterocycles. The van der Waals surface area contributed by atoms with Crippen LogP contribution in [-0.4, -0.2) is 45.3 Å². The van der Waals surface area contributed by atoms with Gasteiger partial charge < -0.3 is 19.7 Å². The number of nitrogens with zero attached hydrogens (tertiary/aromatic N) is 1. The van der Waals surface area contributed by atoms with Crippen LogP contribution < -0.4 is 14.8 Å². The maximum atomic E-state index is 5.40. The van der Waals surface area contributed by atoms with Crippen molar-refractivity contribution in [1.82, 2.24) is 10.2 Å². The Balaban J connectivity index is 0. The van der Waals surface area contributed by atoms with Gasteiger partial charge in [0.05, 0.1) is 18.7 Å². The zero-order valence-electron chi connectivity index (χ0n) is 17.2. The number of hydrogen-bond acceptors (Lipinski definition) is 4. The van der Waals surface area contributed by atoms with Crippen molar-refractivity contribution in [3.05, 3.63) is 22.2 Å². The molecule has 0 heterocycles. The van der Waals surface area contributed by atoms with Crippen LogP contribution in [0.15, 0.2) is 16.6 Å². The molecule has 0 unspecified atom stereocenters. The molecule has 0 saturated heterocycles. The predicted octanol–water partition coefficient (Wildman–Crippen LogP) is 5.69. The molecule has 160 valence electrons. The highest BCUT2D eigenvalue weighted by Gasteiger charge is 2.10. The molecule has 0 spiro atoms. The second kappa shape index (κ2) is 17.9. The number of ether oxygens (including phenoxy) is 2. The highest BCUT2D eigenvalue weighted by atomic mass is 79.9. The Hall–Kier alpha value is -0.200. The Morgan fingerprint density at radius 3 is 2.04 bits per heavy atom. The Bertz CT molecular complexity index is 485. The molecule has 0 fully saturated rings. The number of halogens is 3. The van der Waals surface area contributed by atoms with Gasteiger partial charge in [0.2, 0.25) is 0 Å². The van der Waals surface area contributed by atoms with Crippen LogP contribution in [-0.2, 0) is 6.54 Å². The zero-order valence-corrected chi connectivity index (χ0v) is 20.4. The van der Waals surface area contributed by atoms with Crippen LogP contribution in [0.25, 0.3) is 0 Å². The molecule has 1 rings (SSSR count). The summed E-state index contributed by atoms with van der Waals surface area (Å²) in [6, 6.07) is 4.12. The van der Waals surface area contributed by atoms with E-state index < -0.39 is 0 Å². The van der Waals surface area contributed by atoms with E-state index in [4.69, 9.17) is 9.47 Å². The van der Waals surface area contributed by atoms with Crippen LogP contribution in [0, 0.1) is 0 Å². The largest absolute Gasteiger partial charge is 0.493 e. The minimum atomic E-state index is 0. The number of benzene rings is 1. The second-order valence-electron chi connectivity index (χ2n) is 6.39. The van der Waals surface area contributed by atoms with Gasteiger partial charge in [0.1, 0.15) is 0 Å². The van der Waals surface area contributed by atoms with Crippen molar-refractivity contribution < 1.29 is 9.47 Å². The molecule has 0 aliphatic rings. The summed E-state index contributed by atoms with van der Waals surface area (Å²) >= 11 is 3.55. The molecule has 1 aromatic carbocycles. The van der Waals surface area contributed by atoms with Crippen molar-refractivity contribution in [2.45, 2.75) is 52.5 Å². The van der Waals surface area contributed by atoms with E-state index >= 15 is 0 Å². The van der Waals surface area contributed by atoms with Crippen LogP contribution in [0.5, 0.6) is 11.5 Å². The Morgan fingerprint density at radius 2 is 1.52 bits per heavy atom. The van der Waals surface area contributed by atoms with Gasteiger partial charge in [-0.15, -0.1) is 24.8 Å². The number of rotatable bonds is 14. The minimum absolute atomic E-state index is 0. The molecular weight excluding hydrogens is 451 g/mol. The normalized spacial score (nSPS) is 10.3. The quantitative estimate of drug-likeness (QED) is 0.341. The van der Waals surface area contributed by atoms with E-state index in [1.807, 2.05) is 6.07 Å². The van der Waals surface area contributed by atoms with E-state index in [2.05, 4.69) is 46.1 Å². The summed E-state index contributed by atoms with van der Waals surface area (Å²) in [5.41, 5.74) is 1.19. The second-order valence-corrected chi connectivity index (χ2v) is 7.25. The smallest absolute Gasteiger partial charge is 0.174 e. The fourth-order valence-electron chi connectivity index (χ4n) is 2.83. The van der Waals surface area contributed by atoms with Gasteiger partial charge in [-0.25, -0.2) is 0 Å². The van der Waals surface area contributed by atoms with Gasteiger partial charge in [-0.1, -0.05) is 26.7 Å². The predicted molar refractivity (Wildman–Crippen MR) is 124 cm³/mol. The van der Waals surface area contributed by atoms with Gasteiger partial charge in [-0.2, -0.15) is 0 Å². The van der Waals surface area contributed by atoms with E-state index in [-0.39, 0.29) is 24.8 Å². The first-order valence-corrected chi connectivity index (χ1v) is 10.3. The lowest BCUT2D eigenvalue weighted by Crippen LogP contribution is -2.29. The van der Waals surface area contributed by atoms with Gasteiger partial charge in [0.15, 0.2) is 11.5 Å². The zero-order chi connectivity index (χ0) is 18.5. The van der Waals surface area contributed by atoms with Crippen molar-refractivity contribution in [2.24, 2.45) is 0 Å². The molecule has 0 amide bonds. The Morgan fingerprint density at radius 1 is 0.926 bits per heavy atom. The Labute approximate surface area is 186 Å². The lowest BCUT2D eigenvalue weighted by Gasteiger charge is -2.22. The number of unbranched alkanes of at least 4 members (excludes halogenated alkanes) is 2. The van der Waals surface area contributed by atoms with Gasteiger partial charge >= 0.3 is 0 Å². The van der Waals surface area contributed by atoms with E-state index in [9.17, 15) is 0 Å². The summed E-state index contributed by atoms with van der Waals surface area (Å²) in [7, 11) is 3.33. The van der Waals surface area contributed by atoms with E-state index in [0.29, 0.717) is 0 Å². The molecule has 1 N–H and O–H groups in total. The average Bonchev–Trinajstić information content (AvgIpc) is 2.62. The van der Waals surface area contributed by atoms with Gasteiger partial charge in [-0.3, -0.25) is 0 Å². The molecule has 7 heteroatoms. The molecule has 0 aromatic heterocycles. The monoisotopic (exact) mass is 486 g/mol. The molecular formula is C20H37BrCl2N2O2. The van der Waals surface area contributed by atoms with Crippen molar-refractivity contribution in [2.75, 3.05) is 40.4 Å². The van der Waals surface area contributed by atoms with Crippen LogP contribution in [0.1, 0.15) is 51.5 Å². The summed E-state index contributed by atoms with van der Waals surface area (Å²) < 4.78 is 11.7. The van der Waals surface area contributed by atoms with E-state index in [0.717, 1.165) is 29.1 Å². The van der Waals surface area contributed by atoms with Gasteiger partial charge in [0.25, 0.3) is 0 Å². The third kappa shape index (κ3) is 11.4. The van der Waals surface area contributed by atoms with E-state index in [1.165, 1.54) is 57.3 Å². The number of hydrogen-bond donors (Lipinski definition) is 1. The lowest BCUT2D eigenvalue weighted by molar-refractivity contribution is 0.261. The molecule has 1 aromatic rings. The highest BCUT2D eigenvalue weighted by Crippen LogP contribution is 2.36. The van der Waals surface area contributed by atoms with Crippen LogP contribution >= 0.6 is 40.7 Å². The maximum Gasteiger partial charge on any atom is 0.174 e. The van der Waals surface area contributed by atoms with Crippen LogP contribution in [0.3, 0.4) is 0 Å². The third-order valence-electron chi connectivity index (χ3n) is 4.31. The summed E-state index contributed by atoms with van der Waals surface area (Å²) in [4.78, 5) is 2.61. The summed E-state index contributed by atoms with van der Waals surface area (Å²) in [6.45, 7) is 10.0. The molecule has 0 bridgehead atoms. The summed E-state index contributed by atoms with van der Waals surface area (Å²) in [5.74, 6) is 1.51. The summed E-state index contributed by atoms with van der Waals surface area (Å²) in [6.07, 6.45) is 6.33. The molecule has 0 radical (unpaired) electrons. The van der Waals surface area contributed by atoms with Gasteiger partial charge in [-0.05, 0) is 79.1 Å². The van der Waals surface area contributed by atoms with E-state index in [1.54, 1.807) is 14.2 Å². The van der Waals surface area contributed by atoms with Crippen molar-refractivity contribution in [3.8, 4) is 11.5 Å². The SMILES string of the molecule is CCCCN(CCCC)CCCNCc1cc(Br)c(OC)c(OC)c1.Cl.Cl. The molecule has 0 aliphatic carbocycles. The average molecular weight is 488 g/mol.